The molecular weight excluding hydrogens is 278 g/mol. The van der Waals surface area contributed by atoms with Crippen molar-refractivity contribution in [2.45, 2.75) is 39.8 Å². The zero-order chi connectivity index (χ0) is 14.8. The van der Waals surface area contributed by atoms with Gasteiger partial charge in [-0.1, -0.05) is 37.3 Å². The van der Waals surface area contributed by atoms with Gasteiger partial charge in [0.05, 0.1) is 11.4 Å². The van der Waals surface area contributed by atoms with Crippen molar-refractivity contribution < 1.29 is 0 Å². The minimum Gasteiger partial charge on any atom is -0.304 e. The maximum absolute atomic E-state index is 4.65. The summed E-state index contributed by atoms with van der Waals surface area (Å²) in [6.07, 6.45) is 1.08. The Kier molecular flexibility index (Phi) is 4.08. The summed E-state index contributed by atoms with van der Waals surface area (Å²) in [5.41, 5.74) is 5.01. The highest BCUT2D eigenvalue weighted by Gasteiger charge is 2.14. The second kappa shape index (κ2) is 6.00. The molecular formula is C17H21N3S. The third-order valence-electron chi connectivity index (χ3n) is 3.96. The molecule has 1 atom stereocenters. The van der Waals surface area contributed by atoms with E-state index in [1.165, 1.54) is 17.0 Å². The summed E-state index contributed by atoms with van der Waals surface area (Å²) in [4.78, 5) is 5.74. The molecule has 0 aliphatic carbocycles. The SMILES string of the molecule is CCC(NCc1c(C)nc2scc(C)n12)c1ccccc1. The number of benzene rings is 1. The molecule has 3 rings (SSSR count). The minimum atomic E-state index is 0.384. The first-order chi connectivity index (χ1) is 10.2. The predicted octanol–water partition coefficient (Wildman–Crippen LogP) is 4.25. The number of hydrogen-bond donors (Lipinski definition) is 1. The Balaban J connectivity index is 1.82. The summed E-state index contributed by atoms with van der Waals surface area (Å²) < 4.78 is 2.27. The van der Waals surface area contributed by atoms with Crippen LogP contribution in [-0.2, 0) is 6.54 Å². The highest BCUT2D eigenvalue weighted by Crippen LogP contribution is 2.22. The van der Waals surface area contributed by atoms with E-state index < -0.39 is 0 Å². The molecule has 21 heavy (non-hydrogen) atoms. The van der Waals surface area contributed by atoms with E-state index in [0.717, 1.165) is 23.6 Å². The van der Waals surface area contributed by atoms with Crippen LogP contribution >= 0.6 is 11.3 Å². The molecule has 0 saturated heterocycles. The molecule has 1 N–H and O–H groups in total. The van der Waals surface area contributed by atoms with Gasteiger partial charge in [-0.25, -0.2) is 4.98 Å². The first-order valence-corrected chi connectivity index (χ1v) is 8.29. The van der Waals surface area contributed by atoms with E-state index in [0.29, 0.717) is 6.04 Å². The third-order valence-corrected chi connectivity index (χ3v) is 4.90. The molecule has 0 amide bonds. The Bertz CT molecular complexity index is 727. The Morgan fingerprint density at radius 3 is 2.71 bits per heavy atom. The standard InChI is InChI=1S/C17H21N3S/c1-4-15(14-8-6-5-7-9-14)18-10-16-13(3)19-17-20(16)12(2)11-21-17/h5-9,11,15,18H,4,10H2,1-3H3. The summed E-state index contributed by atoms with van der Waals surface area (Å²) >= 11 is 1.71. The van der Waals surface area contributed by atoms with Gasteiger partial charge in [-0.3, -0.25) is 4.40 Å². The van der Waals surface area contributed by atoms with Crippen molar-refractivity contribution in [1.82, 2.24) is 14.7 Å². The molecule has 1 aromatic carbocycles. The monoisotopic (exact) mass is 299 g/mol. The van der Waals surface area contributed by atoms with Gasteiger partial charge in [0.2, 0.25) is 0 Å². The number of thiazole rings is 1. The van der Waals surface area contributed by atoms with Crippen LogP contribution in [0.4, 0.5) is 0 Å². The van der Waals surface area contributed by atoms with Gasteiger partial charge >= 0.3 is 0 Å². The number of hydrogen-bond acceptors (Lipinski definition) is 3. The minimum absolute atomic E-state index is 0.384. The first kappa shape index (κ1) is 14.3. The average molecular weight is 299 g/mol. The van der Waals surface area contributed by atoms with E-state index in [9.17, 15) is 0 Å². The molecule has 0 spiro atoms. The molecule has 110 valence electrons. The van der Waals surface area contributed by atoms with Gasteiger partial charge in [-0.2, -0.15) is 0 Å². The molecule has 4 heteroatoms. The van der Waals surface area contributed by atoms with Crippen LogP contribution in [0.2, 0.25) is 0 Å². The van der Waals surface area contributed by atoms with Gasteiger partial charge in [0.25, 0.3) is 0 Å². The largest absolute Gasteiger partial charge is 0.304 e. The summed E-state index contributed by atoms with van der Waals surface area (Å²) in [7, 11) is 0. The highest BCUT2D eigenvalue weighted by atomic mass is 32.1. The fraction of sp³-hybridized carbons (Fsp3) is 0.353. The second-order valence-electron chi connectivity index (χ2n) is 5.39. The number of aryl methyl sites for hydroxylation is 2. The molecule has 0 aliphatic heterocycles. The van der Waals surface area contributed by atoms with Crippen molar-refractivity contribution in [2.24, 2.45) is 0 Å². The predicted molar refractivity (Wildman–Crippen MR) is 88.9 cm³/mol. The van der Waals surface area contributed by atoms with Crippen LogP contribution in [0.3, 0.4) is 0 Å². The molecule has 0 aliphatic rings. The topological polar surface area (TPSA) is 29.3 Å². The lowest BCUT2D eigenvalue weighted by Gasteiger charge is -2.17. The fourth-order valence-electron chi connectivity index (χ4n) is 2.78. The number of imidazole rings is 1. The molecule has 0 radical (unpaired) electrons. The summed E-state index contributed by atoms with van der Waals surface area (Å²) in [6, 6.07) is 11.0. The smallest absolute Gasteiger partial charge is 0.194 e. The van der Waals surface area contributed by atoms with Gasteiger partial charge in [0.1, 0.15) is 0 Å². The molecule has 2 heterocycles. The molecule has 3 nitrogen and oxygen atoms in total. The molecule has 2 aromatic heterocycles. The van der Waals surface area contributed by atoms with E-state index in [1.807, 2.05) is 0 Å². The van der Waals surface area contributed by atoms with Crippen LogP contribution in [-0.4, -0.2) is 9.38 Å². The van der Waals surface area contributed by atoms with Crippen LogP contribution < -0.4 is 5.32 Å². The number of aromatic nitrogens is 2. The van der Waals surface area contributed by atoms with Gasteiger partial charge < -0.3 is 5.32 Å². The fourth-order valence-corrected chi connectivity index (χ4v) is 3.71. The molecule has 0 bridgehead atoms. The number of fused-ring (bicyclic) bond motifs is 1. The average Bonchev–Trinajstić information content (AvgIpc) is 3.01. The maximum Gasteiger partial charge on any atom is 0.194 e. The van der Waals surface area contributed by atoms with Crippen molar-refractivity contribution in [3.05, 3.63) is 58.4 Å². The van der Waals surface area contributed by atoms with E-state index in [4.69, 9.17) is 0 Å². The zero-order valence-electron chi connectivity index (χ0n) is 12.8. The van der Waals surface area contributed by atoms with E-state index in [-0.39, 0.29) is 0 Å². The Morgan fingerprint density at radius 1 is 1.24 bits per heavy atom. The lowest BCUT2D eigenvalue weighted by Crippen LogP contribution is -2.21. The number of rotatable bonds is 5. The third kappa shape index (κ3) is 2.74. The van der Waals surface area contributed by atoms with Crippen LogP contribution in [0, 0.1) is 13.8 Å². The quantitative estimate of drug-likeness (QED) is 0.763. The summed E-state index contributed by atoms with van der Waals surface area (Å²) in [5.74, 6) is 0. The van der Waals surface area contributed by atoms with Crippen LogP contribution in [0.15, 0.2) is 35.7 Å². The van der Waals surface area contributed by atoms with Gasteiger partial charge in [0, 0.05) is 23.7 Å². The lowest BCUT2D eigenvalue weighted by atomic mass is 10.0. The Labute approximate surface area is 129 Å². The van der Waals surface area contributed by atoms with Gasteiger partial charge in [-0.15, -0.1) is 11.3 Å². The van der Waals surface area contributed by atoms with E-state index >= 15 is 0 Å². The van der Waals surface area contributed by atoms with Crippen molar-refractivity contribution in [2.75, 3.05) is 0 Å². The number of nitrogens with one attached hydrogen (secondary N) is 1. The lowest BCUT2D eigenvalue weighted by molar-refractivity contribution is 0.511. The highest BCUT2D eigenvalue weighted by molar-refractivity contribution is 7.15. The van der Waals surface area contributed by atoms with Gasteiger partial charge in [-0.05, 0) is 25.8 Å². The summed E-state index contributed by atoms with van der Waals surface area (Å²) in [5, 5.41) is 5.85. The zero-order valence-corrected chi connectivity index (χ0v) is 13.6. The molecule has 0 saturated carbocycles. The van der Waals surface area contributed by atoms with Gasteiger partial charge in [0.15, 0.2) is 4.96 Å². The maximum atomic E-state index is 4.65. The Morgan fingerprint density at radius 2 is 2.00 bits per heavy atom. The molecule has 0 fully saturated rings. The Hall–Kier alpha value is -1.65. The van der Waals surface area contributed by atoms with Crippen LogP contribution in [0.1, 0.15) is 42.0 Å². The molecule has 3 aromatic rings. The van der Waals surface area contributed by atoms with E-state index in [2.05, 4.69) is 71.2 Å². The second-order valence-corrected chi connectivity index (χ2v) is 6.23. The first-order valence-electron chi connectivity index (χ1n) is 7.41. The van der Waals surface area contributed by atoms with Crippen molar-refractivity contribution in [3.8, 4) is 0 Å². The van der Waals surface area contributed by atoms with Crippen molar-refractivity contribution in [3.63, 3.8) is 0 Å². The summed E-state index contributed by atoms with van der Waals surface area (Å²) in [6.45, 7) is 7.31. The van der Waals surface area contributed by atoms with E-state index in [1.54, 1.807) is 11.3 Å². The normalized spacial score (nSPS) is 12.9. The molecule has 1 unspecified atom stereocenters. The van der Waals surface area contributed by atoms with Crippen molar-refractivity contribution in [1.29, 1.82) is 0 Å². The van der Waals surface area contributed by atoms with Crippen LogP contribution in [0.25, 0.3) is 4.96 Å². The van der Waals surface area contributed by atoms with Crippen molar-refractivity contribution >= 4 is 16.3 Å². The number of nitrogens with zero attached hydrogens (tertiary/aromatic N) is 2. The van der Waals surface area contributed by atoms with Crippen LogP contribution in [0.5, 0.6) is 0 Å².